The average molecular weight is 349 g/mol. The first-order valence-corrected chi connectivity index (χ1v) is 7.72. The van der Waals surface area contributed by atoms with Gasteiger partial charge in [-0.2, -0.15) is 0 Å². The highest BCUT2D eigenvalue weighted by Crippen LogP contribution is 2.38. The minimum atomic E-state index is 0.599. The zero-order valence-electron chi connectivity index (χ0n) is 11.9. The summed E-state index contributed by atoms with van der Waals surface area (Å²) in [5, 5.41) is 3.41. The second kappa shape index (κ2) is 6.45. The Morgan fingerprint density at radius 3 is 2.95 bits per heavy atom. The molecule has 0 fully saturated rings. The third-order valence-electron chi connectivity index (χ3n) is 3.40. The number of hydrogen-bond acceptors (Lipinski definition) is 4. The molecule has 0 atom stereocenters. The van der Waals surface area contributed by atoms with Crippen molar-refractivity contribution < 1.29 is 9.47 Å². The van der Waals surface area contributed by atoms with Gasteiger partial charge < -0.3 is 14.8 Å². The van der Waals surface area contributed by atoms with E-state index in [0.717, 1.165) is 40.3 Å². The van der Waals surface area contributed by atoms with Gasteiger partial charge in [-0.15, -0.1) is 0 Å². The molecule has 0 saturated heterocycles. The predicted octanol–water partition coefficient (Wildman–Crippen LogP) is 3.21. The molecule has 0 unspecified atom stereocenters. The van der Waals surface area contributed by atoms with E-state index < -0.39 is 0 Å². The van der Waals surface area contributed by atoms with Crippen molar-refractivity contribution in [2.24, 2.45) is 0 Å². The second-order valence-electron chi connectivity index (χ2n) is 4.97. The lowest BCUT2D eigenvalue weighted by molar-refractivity contribution is 0.170. The first kappa shape index (κ1) is 14.4. The van der Waals surface area contributed by atoms with Gasteiger partial charge in [-0.25, -0.2) is 0 Å². The Morgan fingerprint density at radius 2 is 2.10 bits per heavy atom. The molecule has 2 heterocycles. The Morgan fingerprint density at radius 1 is 1.24 bits per heavy atom. The van der Waals surface area contributed by atoms with Crippen molar-refractivity contribution >= 4 is 15.9 Å². The minimum Gasteiger partial charge on any atom is -0.486 e. The molecule has 1 aromatic heterocycles. The van der Waals surface area contributed by atoms with E-state index in [1.54, 1.807) is 0 Å². The molecule has 1 N–H and O–H groups in total. The Labute approximate surface area is 132 Å². The average Bonchev–Trinajstić information content (AvgIpc) is 2.49. The summed E-state index contributed by atoms with van der Waals surface area (Å²) in [7, 11) is 0. The molecule has 0 radical (unpaired) electrons. The smallest absolute Gasteiger partial charge is 0.175 e. The zero-order valence-corrected chi connectivity index (χ0v) is 13.4. The van der Waals surface area contributed by atoms with Gasteiger partial charge in [0.2, 0.25) is 0 Å². The van der Waals surface area contributed by atoms with Gasteiger partial charge in [0, 0.05) is 19.3 Å². The molecule has 110 valence electrons. The molecule has 0 bridgehead atoms. The van der Waals surface area contributed by atoms with Crippen LogP contribution in [0.25, 0.3) is 0 Å². The number of aromatic nitrogens is 1. The fourth-order valence-electron chi connectivity index (χ4n) is 2.30. The Hall–Kier alpha value is -1.59. The van der Waals surface area contributed by atoms with E-state index in [9.17, 15) is 0 Å². The standard InChI is InChI=1S/C16H17BrN2O2/c1-11-3-2-4-19-14(11)10-18-9-12-7-13(17)16-15(8-12)20-5-6-21-16/h2-4,7-8,18H,5-6,9-10H2,1H3. The summed E-state index contributed by atoms with van der Waals surface area (Å²) in [5.74, 6) is 1.60. The van der Waals surface area contributed by atoms with Crippen LogP contribution in [0.3, 0.4) is 0 Å². The summed E-state index contributed by atoms with van der Waals surface area (Å²) in [5.41, 5.74) is 3.43. The van der Waals surface area contributed by atoms with Crippen LogP contribution in [-0.4, -0.2) is 18.2 Å². The number of fused-ring (bicyclic) bond motifs is 1. The topological polar surface area (TPSA) is 43.4 Å². The Bertz CT molecular complexity index is 646. The van der Waals surface area contributed by atoms with Crippen molar-refractivity contribution in [2.75, 3.05) is 13.2 Å². The van der Waals surface area contributed by atoms with E-state index in [-0.39, 0.29) is 0 Å². The van der Waals surface area contributed by atoms with Gasteiger partial charge in [-0.1, -0.05) is 6.07 Å². The molecular formula is C16H17BrN2O2. The van der Waals surface area contributed by atoms with Crippen molar-refractivity contribution in [3.8, 4) is 11.5 Å². The molecule has 0 spiro atoms. The third-order valence-corrected chi connectivity index (χ3v) is 3.99. The van der Waals surface area contributed by atoms with Gasteiger partial charge in [-0.3, -0.25) is 4.98 Å². The maximum Gasteiger partial charge on any atom is 0.175 e. The van der Waals surface area contributed by atoms with Gasteiger partial charge in [0.15, 0.2) is 11.5 Å². The van der Waals surface area contributed by atoms with Crippen molar-refractivity contribution in [1.82, 2.24) is 10.3 Å². The van der Waals surface area contributed by atoms with Crippen molar-refractivity contribution in [3.05, 3.63) is 51.8 Å². The highest BCUT2D eigenvalue weighted by molar-refractivity contribution is 9.10. The van der Waals surface area contributed by atoms with E-state index in [0.29, 0.717) is 13.2 Å². The lowest BCUT2D eigenvalue weighted by Gasteiger charge is -2.20. The van der Waals surface area contributed by atoms with Crippen LogP contribution in [0.15, 0.2) is 34.9 Å². The van der Waals surface area contributed by atoms with E-state index in [2.05, 4.69) is 45.3 Å². The normalized spacial score (nSPS) is 13.2. The number of pyridine rings is 1. The molecule has 1 aliphatic rings. The summed E-state index contributed by atoms with van der Waals surface area (Å²) in [6.45, 7) is 4.78. The SMILES string of the molecule is Cc1cccnc1CNCc1cc(Br)c2c(c1)OCCO2. The van der Waals surface area contributed by atoms with Gasteiger partial charge in [0.25, 0.3) is 0 Å². The first-order valence-electron chi connectivity index (χ1n) is 6.93. The molecule has 3 rings (SSSR count). The van der Waals surface area contributed by atoms with Crippen LogP contribution in [0.4, 0.5) is 0 Å². The number of aryl methyl sites for hydroxylation is 1. The van der Waals surface area contributed by atoms with Gasteiger partial charge >= 0.3 is 0 Å². The minimum absolute atomic E-state index is 0.599. The van der Waals surface area contributed by atoms with Crippen LogP contribution < -0.4 is 14.8 Å². The maximum atomic E-state index is 5.63. The van der Waals surface area contributed by atoms with E-state index >= 15 is 0 Å². The largest absolute Gasteiger partial charge is 0.486 e. The summed E-state index contributed by atoms with van der Waals surface area (Å²) in [4.78, 5) is 4.38. The molecule has 2 aromatic rings. The van der Waals surface area contributed by atoms with Crippen molar-refractivity contribution in [2.45, 2.75) is 20.0 Å². The number of benzene rings is 1. The molecule has 0 saturated carbocycles. The molecular weight excluding hydrogens is 332 g/mol. The van der Waals surface area contributed by atoms with Crippen LogP contribution in [-0.2, 0) is 13.1 Å². The lowest BCUT2D eigenvalue weighted by atomic mass is 10.2. The summed E-state index contributed by atoms with van der Waals surface area (Å²) in [6.07, 6.45) is 1.82. The van der Waals surface area contributed by atoms with Crippen molar-refractivity contribution in [3.63, 3.8) is 0 Å². The highest BCUT2D eigenvalue weighted by atomic mass is 79.9. The van der Waals surface area contributed by atoms with E-state index in [1.807, 2.05) is 18.3 Å². The Kier molecular flexibility index (Phi) is 4.41. The number of hydrogen-bond donors (Lipinski definition) is 1. The molecule has 5 heteroatoms. The summed E-state index contributed by atoms with van der Waals surface area (Å²) in [6, 6.07) is 8.12. The van der Waals surface area contributed by atoms with Crippen LogP contribution >= 0.6 is 15.9 Å². The quantitative estimate of drug-likeness (QED) is 0.921. The number of ether oxygens (including phenoxy) is 2. The summed E-state index contributed by atoms with van der Waals surface area (Å²) < 4.78 is 12.2. The molecule has 0 aliphatic carbocycles. The summed E-state index contributed by atoms with van der Waals surface area (Å²) >= 11 is 3.54. The van der Waals surface area contributed by atoms with Gasteiger partial charge in [0.1, 0.15) is 13.2 Å². The number of nitrogens with one attached hydrogen (secondary N) is 1. The second-order valence-corrected chi connectivity index (χ2v) is 5.83. The maximum absolute atomic E-state index is 5.63. The van der Waals surface area contributed by atoms with Crippen LogP contribution in [0, 0.1) is 6.92 Å². The molecule has 1 aliphatic heterocycles. The lowest BCUT2D eigenvalue weighted by Crippen LogP contribution is -2.17. The van der Waals surface area contributed by atoms with Gasteiger partial charge in [0.05, 0.1) is 10.2 Å². The predicted molar refractivity (Wildman–Crippen MR) is 84.6 cm³/mol. The monoisotopic (exact) mass is 348 g/mol. The zero-order chi connectivity index (χ0) is 14.7. The fraction of sp³-hybridized carbons (Fsp3) is 0.312. The van der Waals surface area contributed by atoms with Crippen molar-refractivity contribution in [1.29, 1.82) is 0 Å². The first-order chi connectivity index (χ1) is 10.2. The number of nitrogens with zero attached hydrogens (tertiary/aromatic N) is 1. The van der Waals surface area contributed by atoms with Crippen LogP contribution in [0.2, 0.25) is 0 Å². The highest BCUT2D eigenvalue weighted by Gasteiger charge is 2.16. The van der Waals surface area contributed by atoms with E-state index in [4.69, 9.17) is 9.47 Å². The molecule has 21 heavy (non-hydrogen) atoms. The number of rotatable bonds is 4. The molecule has 1 aromatic carbocycles. The van der Waals surface area contributed by atoms with Crippen LogP contribution in [0.5, 0.6) is 11.5 Å². The van der Waals surface area contributed by atoms with Gasteiger partial charge in [-0.05, 0) is 52.2 Å². The fourth-order valence-corrected chi connectivity index (χ4v) is 2.90. The van der Waals surface area contributed by atoms with E-state index in [1.165, 1.54) is 5.56 Å². The Balaban J connectivity index is 1.66. The third kappa shape index (κ3) is 3.36. The van der Waals surface area contributed by atoms with Crippen LogP contribution in [0.1, 0.15) is 16.8 Å². The molecule has 0 amide bonds. The molecule has 4 nitrogen and oxygen atoms in total. The number of halogens is 1.